The van der Waals surface area contributed by atoms with Crippen molar-refractivity contribution in [1.29, 1.82) is 0 Å². The molecule has 0 spiro atoms. The van der Waals surface area contributed by atoms with Gasteiger partial charge in [0, 0.05) is 0 Å². The first-order valence-corrected chi connectivity index (χ1v) is 6.24. The molecule has 0 atom stereocenters. The van der Waals surface area contributed by atoms with Crippen molar-refractivity contribution < 1.29 is 13.3 Å². The van der Waals surface area contributed by atoms with E-state index in [9.17, 15) is 0 Å². The summed E-state index contributed by atoms with van der Waals surface area (Å²) in [5.74, 6) is 0. The number of methoxy groups -OCH3 is 2. The molecule has 0 amide bonds. The first kappa shape index (κ1) is 11.2. The normalized spacial score (nSPS) is 11.0. The molecule has 0 bridgehead atoms. The van der Waals surface area contributed by atoms with Crippen molar-refractivity contribution >= 4 is 31.1 Å². The van der Waals surface area contributed by atoms with E-state index in [1.807, 2.05) is 5.38 Å². The van der Waals surface area contributed by atoms with Gasteiger partial charge >= 0.3 is 88.3 Å². The molecule has 0 aliphatic heterocycles. The van der Waals surface area contributed by atoms with Crippen LogP contribution >= 0.6 is 11.3 Å². The molecular formula is C8H12O3SSe. The maximum atomic E-state index is 5.44. The molecule has 5 heteroatoms. The van der Waals surface area contributed by atoms with Gasteiger partial charge in [-0.3, -0.25) is 0 Å². The van der Waals surface area contributed by atoms with Crippen molar-refractivity contribution in [2.75, 3.05) is 20.8 Å². The summed E-state index contributed by atoms with van der Waals surface area (Å²) in [6.45, 7) is 0.489. The van der Waals surface area contributed by atoms with Gasteiger partial charge in [0.1, 0.15) is 0 Å². The van der Waals surface area contributed by atoms with Crippen LogP contribution in [0.4, 0.5) is 0 Å². The standard InChI is InChI=1S/C8H12O3SSe/c1-9-8(10-2)5-11-13-7-3-4-12-6-7/h3-4,6,8H,5H2,1-2H3. The predicted molar refractivity (Wildman–Crippen MR) is 53.5 cm³/mol. The van der Waals surface area contributed by atoms with Crippen molar-refractivity contribution in [2.24, 2.45) is 0 Å². The van der Waals surface area contributed by atoms with Crippen LogP contribution in [0.1, 0.15) is 0 Å². The SMILES string of the molecule is COC(CO[Se]c1ccsc1)OC. The van der Waals surface area contributed by atoms with E-state index in [0.717, 1.165) is 0 Å². The molecule has 0 saturated heterocycles. The van der Waals surface area contributed by atoms with Gasteiger partial charge in [0.15, 0.2) is 0 Å². The summed E-state index contributed by atoms with van der Waals surface area (Å²) in [6.07, 6.45) is -0.250. The van der Waals surface area contributed by atoms with Gasteiger partial charge in [-0.2, -0.15) is 0 Å². The second-order valence-electron chi connectivity index (χ2n) is 2.23. The van der Waals surface area contributed by atoms with Gasteiger partial charge in [-0.15, -0.1) is 0 Å². The van der Waals surface area contributed by atoms with Crippen LogP contribution in [0, 0.1) is 0 Å². The minimum atomic E-state index is -0.250. The Morgan fingerprint density at radius 3 is 2.77 bits per heavy atom. The molecular weight excluding hydrogens is 255 g/mol. The Balaban J connectivity index is 2.13. The van der Waals surface area contributed by atoms with Crippen LogP contribution in [0.15, 0.2) is 16.8 Å². The van der Waals surface area contributed by atoms with Gasteiger partial charge in [0.2, 0.25) is 0 Å². The Labute approximate surface area is 88.5 Å². The fourth-order valence-corrected chi connectivity index (χ4v) is 2.96. The van der Waals surface area contributed by atoms with Crippen LogP contribution < -0.4 is 4.46 Å². The number of rotatable bonds is 6. The van der Waals surface area contributed by atoms with E-state index < -0.39 is 0 Å². The van der Waals surface area contributed by atoms with E-state index in [4.69, 9.17) is 13.3 Å². The monoisotopic (exact) mass is 268 g/mol. The quantitative estimate of drug-likeness (QED) is 0.559. The van der Waals surface area contributed by atoms with E-state index in [0.29, 0.717) is 6.61 Å². The Morgan fingerprint density at radius 2 is 2.23 bits per heavy atom. The molecule has 13 heavy (non-hydrogen) atoms. The summed E-state index contributed by atoms with van der Waals surface area (Å²) in [6, 6.07) is 2.07. The summed E-state index contributed by atoms with van der Waals surface area (Å²) in [5, 5.41) is 4.14. The van der Waals surface area contributed by atoms with Crippen LogP contribution in [-0.4, -0.2) is 42.4 Å². The summed E-state index contributed by atoms with van der Waals surface area (Å²) in [4.78, 5) is 0. The molecule has 3 nitrogen and oxygen atoms in total. The Hall–Kier alpha value is 0.0995. The van der Waals surface area contributed by atoms with Crippen LogP contribution in [0.25, 0.3) is 0 Å². The Kier molecular flexibility index (Phi) is 5.62. The fraction of sp³-hybridized carbons (Fsp3) is 0.500. The van der Waals surface area contributed by atoms with Crippen molar-refractivity contribution in [3.63, 3.8) is 0 Å². The third-order valence-electron chi connectivity index (χ3n) is 1.38. The third kappa shape index (κ3) is 4.22. The van der Waals surface area contributed by atoms with Gasteiger partial charge in [0.05, 0.1) is 0 Å². The van der Waals surface area contributed by atoms with E-state index in [1.54, 1.807) is 25.6 Å². The molecule has 1 aromatic rings. The average molecular weight is 267 g/mol. The molecule has 0 fully saturated rings. The van der Waals surface area contributed by atoms with Gasteiger partial charge in [-0.25, -0.2) is 0 Å². The predicted octanol–water partition coefficient (Wildman–Crippen LogP) is 0.628. The number of hydrogen-bond acceptors (Lipinski definition) is 4. The summed E-state index contributed by atoms with van der Waals surface area (Å²) in [5.41, 5.74) is 0. The van der Waals surface area contributed by atoms with Crippen LogP contribution in [-0.2, 0) is 13.3 Å². The summed E-state index contributed by atoms with van der Waals surface area (Å²) < 4.78 is 16.7. The van der Waals surface area contributed by atoms with E-state index in [1.165, 1.54) is 4.46 Å². The molecule has 74 valence electrons. The van der Waals surface area contributed by atoms with Crippen molar-refractivity contribution in [2.45, 2.75) is 6.29 Å². The third-order valence-corrected chi connectivity index (χ3v) is 3.87. The molecule has 0 aromatic carbocycles. The van der Waals surface area contributed by atoms with Gasteiger partial charge < -0.3 is 0 Å². The molecule has 0 saturated carbocycles. The number of ether oxygens (including phenoxy) is 2. The molecule has 0 aliphatic carbocycles. The van der Waals surface area contributed by atoms with Crippen LogP contribution in [0.2, 0.25) is 0 Å². The van der Waals surface area contributed by atoms with Crippen molar-refractivity contribution in [3.8, 4) is 0 Å². The van der Waals surface area contributed by atoms with Gasteiger partial charge in [-0.05, 0) is 0 Å². The van der Waals surface area contributed by atoms with Gasteiger partial charge in [0.25, 0.3) is 0 Å². The molecule has 0 unspecified atom stereocenters. The van der Waals surface area contributed by atoms with Crippen LogP contribution in [0.3, 0.4) is 0 Å². The van der Waals surface area contributed by atoms with E-state index in [2.05, 4.69) is 11.4 Å². The zero-order valence-corrected chi connectivity index (χ0v) is 10.1. The second kappa shape index (κ2) is 6.54. The number of hydrogen-bond donors (Lipinski definition) is 0. The minimum absolute atomic E-state index is 0.0787. The Bertz CT molecular complexity index is 211. The van der Waals surface area contributed by atoms with Crippen molar-refractivity contribution in [3.05, 3.63) is 16.8 Å². The van der Waals surface area contributed by atoms with Crippen molar-refractivity contribution in [1.82, 2.24) is 0 Å². The molecule has 0 N–H and O–H groups in total. The summed E-state index contributed by atoms with van der Waals surface area (Å²) >= 11 is 1.76. The van der Waals surface area contributed by atoms with E-state index >= 15 is 0 Å². The average Bonchev–Trinajstić information content (AvgIpc) is 2.65. The second-order valence-corrected chi connectivity index (χ2v) is 4.84. The molecule has 1 aromatic heterocycles. The van der Waals surface area contributed by atoms with Crippen LogP contribution in [0.5, 0.6) is 0 Å². The first-order valence-electron chi connectivity index (χ1n) is 3.74. The Morgan fingerprint density at radius 1 is 1.46 bits per heavy atom. The molecule has 1 rings (SSSR count). The number of thiophene rings is 1. The first-order chi connectivity index (χ1) is 6.36. The molecule has 0 aliphatic rings. The molecule has 0 radical (unpaired) electrons. The fourth-order valence-electron chi connectivity index (χ4n) is 0.689. The topological polar surface area (TPSA) is 27.7 Å². The van der Waals surface area contributed by atoms with Gasteiger partial charge in [-0.1, -0.05) is 0 Å². The zero-order chi connectivity index (χ0) is 9.52. The zero-order valence-electron chi connectivity index (χ0n) is 7.56. The maximum absolute atomic E-state index is 5.44. The van der Waals surface area contributed by atoms with E-state index in [-0.39, 0.29) is 21.6 Å². The molecule has 1 heterocycles. The summed E-state index contributed by atoms with van der Waals surface area (Å²) in [7, 11) is 3.21.